The van der Waals surface area contributed by atoms with E-state index < -0.39 is 11.7 Å². The maximum absolute atomic E-state index is 13.1. The Morgan fingerprint density at radius 2 is 1.68 bits per heavy atom. The van der Waals surface area contributed by atoms with Gasteiger partial charge in [-0.1, -0.05) is 6.07 Å². The number of rotatable bonds is 4. The van der Waals surface area contributed by atoms with Gasteiger partial charge in [-0.15, -0.1) is 0 Å². The Morgan fingerprint density at radius 1 is 0.946 bits per heavy atom. The van der Waals surface area contributed by atoms with E-state index in [1.165, 1.54) is 12.3 Å². The molecule has 1 amide bonds. The van der Waals surface area contributed by atoms with E-state index in [2.05, 4.69) is 25.2 Å². The van der Waals surface area contributed by atoms with Crippen molar-refractivity contribution in [2.45, 2.75) is 20.0 Å². The van der Waals surface area contributed by atoms with Crippen LogP contribution in [0.5, 0.6) is 0 Å². The van der Waals surface area contributed by atoms with Crippen molar-refractivity contribution in [2.75, 3.05) is 36.4 Å². The lowest BCUT2D eigenvalue weighted by molar-refractivity contribution is -0.137. The van der Waals surface area contributed by atoms with Gasteiger partial charge in [0.05, 0.1) is 28.7 Å². The third-order valence-electron chi connectivity index (χ3n) is 6.39. The van der Waals surface area contributed by atoms with Crippen molar-refractivity contribution in [1.82, 2.24) is 19.9 Å². The second kappa shape index (κ2) is 9.68. The summed E-state index contributed by atoms with van der Waals surface area (Å²) in [5, 5.41) is 3.79. The van der Waals surface area contributed by atoms with E-state index in [0.717, 1.165) is 29.3 Å². The van der Waals surface area contributed by atoms with Crippen molar-refractivity contribution < 1.29 is 18.0 Å². The minimum absolute atomic E-state index is 0.0491. The summed E-state index contributed by atoms with van der Waals surface area (Å²) in [4.78, 5) is 30.1. The first-order valence-electron chi connectivity index (χ1n) is 11.9. The second-order valence-electron chi connectivity index (χ2n) is 8.99. The summed E-state index contributed by atoms with van der Waals surface area (Å²) < 4.78 is 39.1. The van der Waals surface area contributed by atoms with Crippen molar-refractivity contribution >= 4 is 34.0 Å². The molecule has 4 aromatic rings. The zero-order valence-electron chi connectivity index (χ0n) is 20.4. The van der Waals surface area contributed by atoms with Crippen molar-refractivity contribution in [3.05, 3.63) is 83.4 Å². The van der Waals surface area contributed by atoms with Crippen LogP contribution in [0.1, 0.15) is 27.3 Å². The molecule has 1 fully saturated rings. The van der Waals surface area contributed by atoms with Gasteiger partial charge in [0.1, 0.15) is 5.82 Å². The van der Waals surface area contributed by atoms with Crippen LogP contribution < -0.4 is 10.2 Å². The number of aryl methyl sites for hydroxylation is 2. The second-order valence-corrected chi connectivity index (χ2v) is 8.99. The molecule has 0 aliphatic carbocycles. The van der Waals surface area contributed by atoms with Crippen molar-refractivity contribution in [3.8, 4) is 0 Å². The summed E-state index contributed by atoms with van der Waals surface area (Å²) in [6.07, 6.45) is -1.21. The molecule has 0 unspecified atom stereocenters. The first-order chi connectivity index (χ1) is 17.7. The fraction of sp³-hybridized carbons (Fsp3) is 0.259. The van der Waals surface area contributed by atoms with E-state index in [1.54, 1.807) is 36.5 Å². The molecule has 10 heteroatoms. The van der Waals surface area contributed by atoms with Crippen LogP contribution in [0.15, 0.2) is 60.9 Å². The van der Waals surface area contributed by atoms with Gasteiger partial charge in [-0.05, 0) is 56.3 Å². The molecule has 1 aliphatic rings. The molecule has 0 radical (unpaired) electrons. The lowest BCUT2D eigenvalue weighted by Gasteiger charge is -2.35. The molecule has 0 bridgehead atoms. The SMILES string of the molecule is Cc1cnc(N2CCN(C(=O)c3ccc(Nc4ccnc5cc(C(F)(F)F)ccc45)cc3)CC2)c(C)n1. The van der Waals surface area contributed by atoms with Crippen molar-refractivity contribution in [1.29, 1.82) is 0 Å². The highest BCUT2D eigenvalue weighted by molar-refractivity contribution is 5.96. The number of aromatic nitrogens is 3. The van der Waals surface area contributed by atoms with Gasteiger partial charge in [-0.3, -0.25) is 14.8 Å². The molecule has 2 aromatic heterocycles. The summed E-state index contributed by atoms with van der Waals surface area (Å²) in [6.45, 7) is 6.36. The summed E-state index contributed by atoms with van der Waals surface area (Å²) in [6, 6.07) is 12.3. The number of carbonyl (C=O) groups is 1. The van der Waals surface area contributed by atoms with E-state index in [-0.39, 0.29) is 11.4 Å². The normalized spacial score (nSPS) is 14.2. The largest absolute Gasteiger partial charge is 0.416 e. The number of nitrogens with one attached hydrogen (secondary N) is 1. The molecule has 1 N–H and O–H groups in total. The molecule has 2 aromatic carbocycles. The van der Waals surface area contributed by atoms with E-state index in [1.807, 2.05) is 18.7 Å². The van der Waals surface area contributed by atoms with Gasteiger partial charge in [-0.25, -0.2) is 4.98 Å². The Hall–Kier alpha value is -4.21. The number of fused-ring (bicyclic) bond motifs is 1. The number of halogens is 3. The van der Waals surface area contributed by atoms with Gasteiger partial charge in [-0.2, -0.15) is 13.2 Å². The standard InChI is InChI=1S/C27H25F3N6O/c1-17-16-32-25(18(2)33-17)35-11-13-36(14-12-35)26(37)19-3-6-21(7-4-19)34-23-9-10-31-24-15-20(27(28,29)30)5-8-22(23)24/h3-10,15-16H,11-14H2,1-2H3,(H,31,34). The van der Waals surface area contributed by atoms with Crippen LogP contribution in [0, 0.1) is 13.8 Å². The topological polar surface area (TPSA) is 74.2 Å². The Labute approximate surface area is 212 Å². The quantitative estimate of drug-likeness (QED) is 0.401. The van der Waals surface area contributed by atoms with Crippen LogP contribution in [0.2, 0.25) is 0 Å². The third kappa shape index (κ3) is 5.18. The van der Waals surface area contributed by atoms with E-state index in [0.29, 0.717) is 48.5 Å². The van der Waals surface area contributed by atoms with Crippen LogP contribution >= 0.6 is 0 Å². The first-order valence-corrected chi connectivity index (χ1v) is 11.9. The highest BCUT2D eigenvalue weighted by Gasteiger charge is 2.30. The predicted molar refractivity (Wildman–Crippen MR) is 136 cm³/mol. The predicted octanol–water partition coefficient (Wildman–Crippen LogP) is 5.37. The van der Waals surface area contributed by atoms with Gasteiger partial charge < -0.3 is 15.1 Å². The molecule has 37 heavy (non-hydrogen) atoms. The summed E-state index contributed by atoms with van der Waals surface area (Å²) >= 11 is 0. The van der Waals surface area contributed by atoms with Crippen molar-refractivity contribution in [3.63, 3.8) is 0 Å². The van der Waals surface area contributed by atoms with Gasteiger partial charge >= 0.3 is 6.18 Å². The van der Waals surface area contributed by atoms with Crippen LogP contribution in [0.25, 0.3) is 10.9 Å². The molecule has 5 rings (SSSR count). The molecular formula is C27H25F3N6O. The summed E-state index contributed by atoms with van der Waals surface area (Å²) in [7, 11) is 0. The molecule has 0 spiro atoms. The van der Waals surface area contributed by atoms with Crippen LogP contribution in [0.3, 0.4) is 0 Å². The molecule has 0 atom stereocenters. The number of benzene rings is 2. The lowest BCUT2D eigenvalue weighted by Crippen LogP contribution is -2.49. The Balaban J connectivity index is 1.25. The smallest absolute Gasteiger partial charge is 0.355 e. The fourth-order valence-electron chi connectivity index (χ4n) is 4.49. The van der Waals surface area contributed by atoms with E-state index >= 15 is 0 Å². The number of carbonyl (C=O) groups excluding carboxylic acids is 1. The van der Waals surface area contributed by atoms with Crippen LogP contribution in [0.4, 0.5) is 30.4 Å². The minimum atomic E-state index is -4.43. The average molecular weight is 507 g/mol. The van der Waals surface area contributed by atoms with Crippen LogP contribution in [-0.4, -0.2) is 51.9 Å². The zero-order chi connectivity index (χ0) is 26.2. The molecule has 3 heterocycles. The Morgan fingerprint density at radius 3 is 2.35 bits per heavy atom. The monoisotopic (exact) mass is 506 g/mol. The Bertz CT molecular complexity index is 1450. The number of amides is 1. The van der Waals surface area contributed by atoms with Crippen LogP contribution in [-0.2, 0) is 6.18 Å². The molecular weight excluding hydrogens is 481 g/mol. The fourth-order valence-corrected chi connectivity index (χ4v) is 4.49. The number of piperazine rings is 1. The Kier molecular flexibility index (Phi) is 6.41. The van der Waals surface area contributed by atoms with E-state index in [9.17, 15) is 18.0 Å². The minimum Gasteiger partial charge on any atom is -0.355 e. The van der Waals surface area contributed by atoms with Gasteiger partial charge in [0, 0.05) is 54.7 Å². The van der Waals surface area contributed by atoms with Gasteiger partial charge in [0.15, 0.2) is 0 Å². The first kappa shape index (κ1) is 24.5. The van der Waals surface area contributed by atoms with Gasteiger partial charge in [0.2, 0.25) is 0 Å². The number of hydrogen-bond acceptors (Lipinski definition) is 6. The maximum atomic E-state index is 13.1. The molecule has 7 nitrogen and oxygen atoms in total. The average Bonchev–Trinajstić information content (AvgIpc) is 2.88. The number of anilines is 3. The number of pyridine rings is 1. The molecule has 0 saturated carbocycles. The number of nitrogens with zero attached hydrogens (tertiary/aromatic N) is 5. The summed E-state index contributed by atoms with van der Waals surface area (Å²) in [5.74, 6) is 0.804. The molecule has 1 saturated heterocycles. The number of hydrogen-bond donors (Lipinski definition) is 1. The number of alkyl halides is 3. The van der Waals surface area contributed by atoms with E-state index in [4.69, 9.17) is 0 Å². The van der Waals surface area contributed by atoms with Crippen molar-refractivity contribution in [2.24, 2.45) is 0 Å². The third-order valence-corrected chi connectivity index (χ3v) is 6.39. The lowest BCUT2D eigenvalue weighted by atomic mass is 10.1. The molecule has 190 valence electrons. The highest BCUT2D eigenvalue weighted by atomic mass is 19.4. The maximum Gasteiger partial charge on any atom is 0.416 e. The van der Waals surface area contributed by atoms with Gasteiger partial charge in [0.25, 0.3) is 5.91 Å². The molecule has 1 aliphatic heterocycles. The summed E-state index contributed by atoms with van der Waals surface area (Å²) in [5.41, 5.74) is 3.17. The highest BCUT2D eigenvalue weighted by Crippen LogP contribution is 2.33. The zero-order valence-corrected chi connectivity index (χ0v) is 20.4.